The fourth-order valence-corrected chi connectivity index (χ4v) is 2.89. The standard InChI is InChI=1S/C20H22O/c1-2-4-15-7-9-16(10-8-15)17-11-13-19(14-12-17)20(21)18-5-3-6-18/h7-14,18H,2-6H2,1H3. The number of carbonyl (C=O) groups is 1. The van der Waals surface area contributed by atoms with Crippen molar-refractivity contribution in [2.75, 3.05) is 0 Å². The number of carbonyl (C=O) groups excluding carboxylic acids is 1. The van der Waals surface area contributed by atoms with Crippen LogP contribution in [0.4, 0.5) is 0 Å². The van der Waals surface area contributed by atoms with Crippen LogP contribution in [0.25, 0.3) is 11.1 Å². The lowest BCUT2D eigenvalue weighted by atomic mass is 9.80. The van der Waals surface area contributed by atoms with Crippen LogP contribution >= 0.6 is 0 Å². The predicted octanol–water partition coefficient (Wildman–Crippen LogP) is 5.29. The molecule has 1 nitrogen and oxygen atoms in total. The minimum Gasteiger partial charge on any atom is -0.294 e. The van der Waals surface area contributed by atoms with Crippen LogP contribution in [0.5, 0.6) is 0 Å². The first-order chi connectivity index (χ1) is 10.3. The normalized spacial score (nSPS) is 14.7. The summed E-state index contributed by atoms with van der Waals surface area (Å²) in [5, 5.41) is 0. The molecule has 0 radical (unpaired) electrons. The van der Waals surface area contributed by atoms with Crippen molar-refractivity contribution in [1.82, 2.24) is 0 Å². The van der Waals surface area contributed by atoms with E-state index in [1.807, 2.05) is 12.1 Å². The van der Waals surface area contributed by atoms with E-state index in [1.165, 1.54) is 29.5 Å². The highest BCUT2D eigenvalue weighted by Gasteiger charge is 2.25. The van der Waals surface area contributed by atoms with Gasteiger partial charge in [-0.3, -0.25) is 4.79 Å². The highest BCUT2D eigenvalue weighted by molar-refractivity contribution is 5.98. The number of Topliss-reactive ketones (excluding diaryl/α,β-unsaturated/α-hetero) is 1. The summed E-state index contributed by atoms with van der Waals surface area (Å²) in [7, 11) is 0. The maximum Gasteiger partial charge on any atom is 0.165 e. The Labute approximate surface area is 127 Å². The smallest absolute Gasteiger partial charge is 0.165 e. The van der Waals surface area contributed by atoms with E-state index in [-0.39, 0.29) is 5.92 Å². The van der Waals surface area contributed by atoms with Crippen molar-refractivity contribution in [3.05, 3.63) is 59.7 Å². The summed E-state index contributed by atoms with van der Waals surface area (Å²) in [4.78, 5) is 12.2. The van der Waals surface area contributed by atoms with Gasteiger partial charge >= 0.3 is 0 Å². The minimum atomic E-state index is 0.282. The van der Waals surface area contributed by atoms with E-state index < -0.39 is 0 Å². The molecule has 0 atom stereocenters. The zero-order valence-corrected chi connectivity index (χ0v) is 12.6. The van der Waals surface area contributed by atoms with Crippen molar-refractivity contribution < 1.29 is 4.79 Å². The maximum absolute atomic E-state index is 12.2. The molecule has 0 saturated heterocycles. The average molecular weight is 278 g/mol. The van der Waals surface area contributed by atoms with Crippen LogP contribution < -0.4 is 0 Å². The van der Waals surface area contributed by atoms with E-state index in [1.54, 1.807) is 0 Å². The van der Waals surface area contributed by atoms with Gasteiger partial charge in [-0.1, -0.05) is 68.3 Å². The Morgan fingerprint density at radius 3 is 2.00 bits per heavy atom. The SMILES string of the molecule is CCCc1ccc(-c2ccc(C(=O)C3CCC3)cc2)cc1. The number of rotatable bonds is 5. The predicted molar refractivity (Wildman–Crippen MR) is 87.5 cm³/mol. The van der Waals surface area contributed by atoms with Crippen molar-refractivity contribution >= 4 is 5.78 Å². The third kappa shape index (κ3) is 3.07. The molecule has 0 N–H and O–H groups in total. The van der Waals surface area contributed by atoms with E-state index >= 15 is 0 Å². The molecule has 1 fully saturated rings. The first kappa shape index (κ1) is 14.1. The Morgan fingerprint density at radius 1 is 0.952 bits per heavy atom. The van der Waals surface area contributed by atoms with Gasteiger partial charge in [0.15, 0.2) is 5.78 Å². The summed E-state index contributed by atoms with van der Waals surface area (Å²) >= 11 is 0. The molecule has 21 heavy (non-hydrogen) atoms. The van der Waals surface area contributed by atoms with Gasteiger partial charge in [0.05, 0.1) is 0 Å². The Morgan fingerprint density at radius 2 is 1.52 bits per heavy atom. The van der Waals surface area contributed by atoms with Gasteiger partial charge in [-0.25, -0.2) is 0 Å². The van der Waals surface area contributed by atoms with Crippen LogP contribution in [0.15, 0.2) is 48.5 Å². The molecule has 1 heteroatoms. The summed E-state index contributed by atoms with van der Waals surface area (Å²) < 4.78 is 0. The molecule has 3 rings (SSSR count). The average Bonchev–Trinajstić information content (AvgIpc) is 2.47. The van der Waals surface area contributed by atoms with E-state index in [4.69, 9.17) is 0 Å². The maximum atomic E-state index is 12.2. The van der Waals surface area contributed by atoms with Crippen LogP contribution in [0, 0.1) is 5.92 Å². The lowest BCUT2D eigenvalue weighted by molar-refractivity contribution is 0.0855. The quantitative estimate of drug-likeness (QED) is 0.679. The lowest BCUT2D eigenvalue weighted by Gasteiger charge is -2.23. The molecule has 2 aromatic carbocycles. The topological polar surface area (TPSA) is 17.1 Å². The van der Waals surface area contributed by atoms with Gasteiger partial charge in [0.2, 0.25) is 0 Å². The van der Waals surface area contributed by atoms with E-state index in [0.29, 0.717) is 5.78 Å². The van der Waals surface area contributed by atoms with Crippen molar-refractivity contribution in [3.8, 4) is 11.1 Å². The highest BCUT2D eigenvalue weighted by atomic mass is 16.1. The first-order valence-electron chi connectivity index (χ1n) is 8.01. The summed E-state index contributed by atoms with van der Waals surface area (Å²) in [6.45, 7) is 2.20. The minimum absolute atomic E-state index is 0.282. The van der Waals surface area contributed by atoms with Gasteiger partial charge in [-0.05, 0) is 36.0 Å². The molecule has 0 heterocycles. The zero-order valence-electron chi connectivity index (χ0n) is 12.6. The van der Waals surface area contributed by atoms with Crippen molar-refractivity contribution in [1.29, 1.82) is 0 Å². The summed E-state index contributed by atoms with van der Waals surface area (Å²) in [6, 6.07) is 16.9. The molecular formula is C20H22O. The molecule has 0 unspecified atom stereocenters. The zero-order chi connectivity index (χ0) is 14.7. The molecule has 0 spiro atoms. The van der Waals surface area contributed by atoms with Gasteiger partial charge in [0.25, 0.3) is 0 Å². The molecule has 1 aliphatic carbocycles. The van der Waals surface area contributed by atoms with Crippen LogP contribution in [0.3, 0.4) is 0 Å². The Hall–Kier alpha value is -1.89. The summed E-state index contributed by atoms with van der Waals surface area (Å²) in [6.07, 6.45) is 5.66. The van der Waals surface area contributed by atoms with E-state index in [0.717, 1.165) is 24.8 Å². The molecule has 1 saturated carbocycles. The van der Waals surface area contributed by atoms with Crippen LogP contribution in [0.2, 0.25) is 0 Å². The molecule has 1 aliphatic rings. The number of hydrogen-bond donors (Lipinski definition) is 0. The molecule has 2 aromatic rings. The van der Waals surface area contributed by atoms with E-state index in [9.17, 15) is 4.79 Å². The van der Waals surface area contributed by atoms with Crippen LogP contribution in [0.1, 0.15) is 48.5 Å². The van der Waals surface area contributed by atoms with Crippen LogP contribution in [-0.4, -0.2) is 5.78 Å². The number of benzene rings is 2. The summed E-state index contributed by atoms with van der Waals surface area (Å²) in [5.41, 5.74) is 4.66. The number of ketones is 1. The molecule has 108 valence electrons. The molecular weight excluding hydrogens is 256 g/mol. The van der Waals surface area contributed by atoms with Crippen molar-refractivity contribution in [3.63, 3.8) is 0 Å². The Kier molecular flexibility index (Phi) is 4.19. The van der Waals surface area contributed by atoms with E-state index in [2.05, 4.69) is 43.3 Å². The fourth-order valence-electron chi connectivity index (χ4n) is 2.89. The highest BCUT2D eigenvalue weighted by Crippen LogP contribution is 2.30. The second-order valence-electron chi connectivity index (χ2n) is 6.02. The number of aryl methyl sites for hydroxylation is 1. The van der Waals surface area contributed by atoms with Crippen molar-refractivity contribution in [2.24, 2.45) is 5.92 Å². The van der Waals surface area contributed by atoms with Gasteiger partial charge in [0.1, 0.15) is 0 Å². The monoisotopic (exact) mass is 278 g/mol. The van der Waals surface area contributed by atoms with Gasteiger partial charge in [-0.2, -0.15) is 0 Å². The first-order valence-corrected chi connectivity index (χ1v) is 8.01. The Bertz CT molecular complexity index is 603. The Balaban J connectivity index is 1.75. The largest absolute Gasteiger partial charge is 0.294 e. The second-order valence-corrected chi connectivity index (χ2v) is 6.02. The molecule has 0 aromatic heterocycles. The third-order valence-electron chi connectivity index (χ3n) is 4.47. The fraction of sp³-hybridized carbons (Fsp3) is 0.350. The van der Waals surface area contributed by atoms with Gasteiger partial charge in [-0.15, -0.1) is 0 Å². The lowest BCUT2D eigenvalue weighted by Crippen LogP contribution is -2.21. The molecule has 0 amide bonds. The van der Waals surface area contributed by atoms with Crippen molar-refractivity contribution in [2.45, 2.75) is 39.0 Å². The number of hydrogen-bond acceptors (Lipinski definition) is 1. The second kappa shape index (κ2) is 6.26. The molecule has 0 aliphatic heterocycles. The van der Waals surface area contributed by atoms with Gasteiger partial charge in [0, 0.05) is 11.5 Å². The van der Waals surface area contributed by atoms with Gasteiger partial charge < -0.3 is 0 Å². The van der Waals surface area contributed by atoms with Crippen LogP contribution in [-0.2, 0) is 6.42 Å². The molecule has 0 bridgehead atoms. The third-order valence-corrected chi connectivity index (χ3v) is 4.47. The summed E-state index contributed by atoms with van der Waals surface area (Å²) in [5.74, 6) is 0.607.